The minimum Gasteiger partial charge on any atom is -0.495 e. The van der Waals surface area contributed by atoms with E-state index in [-0.39, 0.29) is 0 Å². The molecule has 0 aliphatic carbocycles. The number of benzene rings is 1. The van der Waals surface area contributed by atoms with Gasteiger partial charge in [-0.15, -0.1) is 0 Å². The molecule has 0 bridgehead atoms. The van der Waals surface area contributed by atoms with Crippen molar-refractivity contribution < 1.29 is 14.3 Å². The van der Waals surface area contributed by atoms with Crippen molar-refractivity contribution in [2.24, 2.45) is 5.73 Å². The lowest BCUT2D eigenvalue weighted by Gasteiger charge is -2.36. The van der Waals surface area contributed by atoms with Gasteiger partial charge in [0.25, 0.3) is 0 Å². The standard InChI is InChI=1S/C13H18N2O3/c1-17-11-6-3-2-5-10(11)15-13(12(14)16)7-4-8-18-9-13/h2-3,5-6,15H,4,7-9H2,1H3,(H2,14,16). The number of ether oxygens (including phenoxy) is 2. The van der Waals surface area contributed by atoms with Crippen LogP contribution in [0.3, 0.4) is 0 Å². The van der Waals surface area contributed by atoms with E-state index < -0.39 is 11.4 Å². The van der Waals surface area contributed by atoms with Crippen LogP contribution in [0.1, 0.15) is 12.8 Å². The molecule has 1 aromatic rings. The van der Waals surface area contributed by atoms with E-state index in [1.54, 1.807) is 7.11 Å². The van der Waals surface area contributed by atoms with Gasteiger partial charge in [0.1, 0.15) is 11.3 Å². The molecule has 1 aliphatic rings. The maximum absolute atomic E-state index is 11.7. The van der Waals surface area contributed by atoms with Gasteiger partial charge in [0, 0.05) is 6.61 Å². The number of nitrogens with one attached hydrogen (secondary N) is 1. The van der Waals surface area contributed by atoms with Gasteiger partial charge >= 0.3 is 0 Å². The van der Waals surface area contributed by atoms with E-state index in [2.05, 4.69) is 5.32 Å². The van der Waals surface area contributed by atoms with E-state index in [0.29, 0.717) is 25.4 Å². The number of para-hydroxylation sites is 2. The zero-order valence-electron chi connectivity index (χ0n) is 10.4. The van der Waals surface area contributed by atoms with Gasteiger partial charge in [-0.2, -0.15) is 0 Å². The summed E-state index contributed by atoms with van der Waals surface area (Å²) >= 11 is 0. The molecular weight excluding hydrogens is 232 g/mol. The summed E-state index contributed by atoms with van der Waals surface area (Å²) in [5.41, 5.74) is 5.43. The van der Waals surface area contributed by atoms with Crippen molar-refractivity contribution in [3.63, 3.8) is 0 Å². The van der Waals surface area contributed by atoms with Crippen molar-refractivity contribution in [3.8, 4) is 5.75 Å². The third-order valence-corrected chi connectivity index (χ3v) is 3.19. The molecule has 1 amide bonds. The molecular formula is C13H18N2O3. The third-order valence-electron chi connectivity index (χ3n) is 3.19. The Hall–Kier alpha value is -1.75. The summed E-state index contributed by atoms with van der Waals surface area (Å²) in [7, 11) is 1.59. The van der Waals surface area contributed by atoms with Crippen LogP contribution in [-0.2, 0) is 9.53 Å². The summed E-state index contributed by atoms with van der Waals surface area (Å²) in [6, 6.07) is 7.44. The van der Waals surface area contributed by atoms with E-state index in [1.165, 1.54) is 0 Å². The number of carbonyl (C=O) groups excluding carboxylic acids is 1. The number of nitrogens with two attached hydrogens (primary N) is 1. The Labute approximate surface area is 106 Å². The van der Waals surface area contributed by atoms with Crippen LogP contribution in [0.2, 0.25) is 0 Å². The van der Waals surface area contributed by atoms with E-state index in [1.807, 2.05) is 24.3 Å². The molecule has 1 aliphatic heterocycles. The van der Waals surface area contributed by atoms with Gasteiger partial charge in [0.05, 0.1) is 19.4 Å². The second kappa shape index (κ2) is 5.27. The molecule has 5 heteroatoms. The van der Waals surface area contributed by atoms with Crippen LogP contribution in [0.4, 0.5) is 5.69 Å². The first kappa shape index (κ1) is 12.7. The highest BCUT2D eigenvalue weighted by Gasteiger charge is 2.39. The highest BCUT2D eigenvalue weighted by atomic mass is 16.5. The SMILES string of the molecule is COc1ccccc1NC1(C(N)=O)CCCOC1. The van der Waals surface area contributed by atoms with Crippen LogP contribution in [0.5, 0.6) is 5.75 Å². The summed E-state index contributed by atoms with van der Waals surface area (Å²) in [5, 5.41) is 3.19. The molecule has 1 unspecified atom stereocenters. The number of hydrogen-bond acceptors (Lipinski definition) is 4. The quantitative estimate of drug-likeness (QED) is 0.840. The number of hydrogen-bond donors (Lipinski definition) is 2. The van der Waals surface area contributed by atoms with Gasteiger partial charge in [-0.3, -0.25) is 4.79 Å². The second-order valence-corrected chi connectivity index (χ2v) is 4.43. The fourth-order valence-electron chi connectivity index (χ4n) is 2.15. The Balaban J connectivity index is 2.26. The van der Waals surface area contributed by atoms with Crippen molar-refractivity contribution in [2.75, 3.05) is 25.6 Å². The van der Waals surface area contributed by atoms with Gasteiger partial charge in [0.2, 0.25) is 5.91 Å². The fraction of sp³-hybridized carbons (Fsp3) is 0.462. The molecule has 18 heavy (non-hydrogen) atoms. The van der Waals surface area contributed by atoms with Crippen molar-refractivity contribution in [1.29, 1.82) is 0 Å². The molecule has 0 aromatic heterocycles. The molecule has 1 fully saturated rings. The normalized spacial score (nSPS) is 23.4. The molecule has 1 heterocycles. The molecule has 0 saturated carbocycles. The van der Waals surface area contributed by atoms with E-state index >= 15 is 0 Å². The Kier molecular flexibility index (Phi) is 3.72. The van der Waals surface area contributed by atoms with Crippen LogP contribution in [0.25, 0.3) is 0 Å². The lowest BCUT2D eigenvalue weighted by atomic mass is 9.91. The van der Waals surface area contributed by atoms with Gasteiger partial charge in [-0.25, -0.2) is 0 Å². The molecule has 0 radical (unpaired) electrons. The van der Waals surface area contributed by atoms with Crippen molar-refractivity contribution >= 4 is 11.6 Å². The average Bonchev–Trinajstić information content (AvgIpc) is 2.40. The van der Waals surface area contributed by atoms with E-state index in [0.717, 1.165) is 12.1 Å². The summed E-state index contributed by atoms with van der Waals surface area (Å²) < 4.78 is 10.6. The topological polar surface area (TPSA) is 73.6 Å². The molecule has 98 valence electrons. The van der Waals surface area contributed by atoms with E-state index in [9.17, 15) is 4.79 Å². The second-order valence-electron chi connectivity index (χ2n) is 4.43. The van der Waals surface area contributed by atoms with Gasteiger partial charge in [-0.1, -0.05) is 12.1 Å². The number of anilines is 1. The Morgan fingerprint density at radius 1 is 1.50 bits per heavy atom. The molecule has 1 atom stereocenters. The first-order valence-corrected chi connectivity index (χ1v) is 5.97. The molecule has 3 N–H and O–H groups in total. The van der Waals surface area contributed by atoms with Crippen LogP contribution < -0.4 is 15.8 Å². The third kappa shape index (κ3) is 2.41. The highest BCUT2D eigenvalue weighted by molar-refractivity contribution is 5.88. The smallest absolute Gasteiger partial charge is 0.245 e. The lowest BCUT2D eigenvalue weighted by Crippen LogP contribution is -2.56. The van der Waals surface area contributed by atoms with Crippen LogP contribution >= 0.6 is 0 Å². The van der Waals surface area contributed by atoms with Gasteiger partial charge < -0.3 is 20.5 Å². The van der Waals surface area contributed by atoms with Crippen molar-refractivity contribution in [2.45, 2.75) is 18.4 Å². The van der Waals surface area contributed by atoms with E-state index in [4.69, 9.17) is 15.2 Å². The van der Waals surface area contributed by atoms with Gasteiger partial charge in [-0.05, 0) is 25.0 Å². The largest absolute Gasteiger partial charge is 0.495 e. The van der Waals surface area contributed by atoms with Crippen LogP contribution in [-0.4, -0.2) is 31.8 Å². The zero-order valence-corrected chi connectivity index (χ0v) is 10.4. The molecule has 0 spiro atoms. The average molecular weight is 250 g/mol. The summed E-state index contributed by atoms with van der Waals surface area (Å²) in [4.78, 5) is 11.7. The summed E-state index contributed by atoms with van der Waals surface area (Å²) in [6.45, 7) is 0.961. The Bertz CT molecular complexity index is 428. The zero-order chi connectivity index (χ0) is 13.0. The highest BCUT2D eigenvalue weighted by Crippen LogP contribution is 2.30. The number of primary amides is 1. The molecule has 2 rings (SSSR count). The molecule has 1 saturated heterocycles. The van der Waals surface area contributed by atoms with Crippen LogP contribution in [0, 0.1) is 0 Å². The summed E-state index contributed by atoms with van der Waals surface area (Å²) in [5.74, 6) is 0.289. The van der Waals surface area contributed by atoms with Gasteiger partial charge in [0.15, 0.2) is 0 Å². The maximum atomic E-state index is 11.7. The van der Waals surface area contributed by atoms with Crippen LogP contribution in [0.15, 0.2) is 24.3 Å². The molecule has 5 nitrogen and oxygen atoms in total. The number of amides is 1. The van der Waals surface area contributed by atoms with Crippen molar-refractivity contribution in [3.05, 3.63) is 24.3 Å². The molecule has 1 aromatic carbocycles. The first-order valence-electron chi connectivity index (χ1n) is 5.97. The monoisotopic (exact) mass is 250 g/mol. The summed E-state index contributed by atoms with van der Waals surface area (Å²) in [6.07, 6.45) is 1.48. The Morgan fingerprint density at radius 2 is 2.28 bits per heavy atom. The fourth-order valence-corrected chi connectivity index (χ4v) is 2.15. The first-order chi connectivity index (χ1) is 8.68. The van der Waals surface area contributed by atoms with Crippen molar-refractivity contribution in [1.82, 2.24) is 0 Å². The maximum Gasteiger partial charge on any atom is 0.245 e. The predicted molar refractivity (Wildman–Crippen MR) is 68.6 cm³/mol. The Morgan fingerprint density at radius 3 is 2.89 bits per heavy atom. The number of rotatable bonds is 4. The minimum atomic E-state index is -0.840. The number of methoxy groups -OCH3 is 1. The predicted octanol–water partition coefficient (Wildman–Crippen LogP) is 1.14. The minimum absolute atomic E-state index is 0.292. The lowest BCUT2D eigenvalue weighted by molar-refractivity contribution is -0.126. The number of carbonyl (C=O) groups is 1.